The van der Waals surface area contributed by atoms with Crippen LogP contribution < -0.4 is 10.1 Å². The molecule has 1 N–H and O–H groups in total. The zero-order valence-corrected chi connectivity index (χ0v) is 14.8. The van der Waals surface area contributed by atoms with Crippen LogP contribution in [0.1, 0.15) is 18.4 Å². The van der Waals surface area contributed by atoms with Gasteiger partial charge < -0.3 is 10.1 Å². The molecule has 0 aliphatic heterocycles. The second kappa shape index (κ2) is 8.44. The van der Waals surface area contributed by atoms with Crippen molar-refractivity contribution in [2.75, 3.05) is 11.9 Å². The maximum absolute atomic E-state index is 11.9. The van der Waals surface area contributed by atoms with Crippen LogP contribution in [0.25, 0.3) is 0 Å². The SMILES string of the molecule is Cc1cc(Cl)ccc1OCCCC(=O)Nc1ccc(Cl)c(Cl)c1. The van der Waals surface area contributed by atoms with Crippen molar-refractivity contribution in [1.29, 1.82) is 0 Å². The highest BCUT2D eigenvalue weighted by Crippen LogP contribution is 2.25. The molecule has 0 unspecified atom stereocenters. The number of hydrogen-bond donors (Lipinski definition) is 1. The number of aryl methyl sites for hydroxylation is 1. The van der Waals surface area contributed by atoms with Crippen LogP contribution in [0.4, 0.5) is 5.69 Å². The molecule has 122 valence electrons. The van der Waals surface area contributed by atoms with Crippen LogP contribution >= 0.6 is 34.8 Å². The van der Waals surface area contributed by atoms with Gasteiger partial charge in [-0.15, -0.1) is 0 Å². The van der Waals surface area contributed by atoms with Crippen molar-refractivity contribution in [3.05, 3.63) is 57.0 Å². The maximum Gasteiger partial charge on any atom is 0.224 e. The molecule has 0 saturated carbocycles. The van der Waals surface area contributed by atoms with E-state index in [2.05, 4.69) is 5.32 Å². The van der Waals surface area contributed by atoms with Gasteiger partial charge in [-0.1, -0.05) is 34.8 Å². The van der Waals surface area contributed by atoms with Gasteiger partial charge in [0.15, 0.2) is 0 Å². The minimum Gasteiger partial charge on any atom is -0.493 e. The molecule has 0 bridgehead atoms. The molecule has 1 amide bonds. The third kappa shape index (κ3) is 5.61. The first-order chi connectivity index (χ1) is 11.0. The van der Waals surface area contributed by atoms with Crippen molar-refractivity contribution in [2.45, 2.75) is 19.8 Å². The van der Waals surface area contributed by atoms with Gasteiger partial charge in [-0.05, 0) is 55.3 Å². The van der Waals surface area contributed by atoms with Gasteiger partial charge in [0.2, 0.25) is 5.91 Å². The Kier molecular flexibility index (Phi) is 6.58. The molecule has 0 atom stereocenters. The molecule has 6 heteroatoms. The van der Waals surface area contributed by atoms with Crippen LogP contribution in [0, 0.1) is 6.92 Å². The Balaban J connectivity index is 1.75. The second-order valence-corrected chi connectivity index (χ2v) is 6.29. The third-order valence-corrected chi connectivity index (χ3v) is 4.12. The summed E-state index contributed by atoms with van der Waals surface area (Å²) in [7, 11) is 0. The summed E-state index contributed by atoms with van der Waals surface area (Å²) in [5.41, 5.74) is 1.59. The number of halogens is 3. The number of ether oxygens (including phenoxy) is 1. The number of amides is 1. The predicted octanol–water partition coefficient (Wildman–Crippen LogP) is 5.75. The first-order valence-electron chi connectivity index (χ1n) is 7.09. The Morgan fingerprint density at radius 1 is 1.09 bits per heavy atom. The van der Waals surface area contributed by atoms with E-state index in [1.165, 1.54) is 0 Å². The molecule has 0 fully saturated rings. The van der Waals surface area contributed by atoms with E-state index < -0.39 is 0 Å². The van der Waals surface area contributed by atoms with E-state index >= 15 is 0 Å². The van der Waals surface area contributed by atoms with Gasteiger partial charge in [-0.2, -0.15) is 0 Å². The number of benzene rings is 2. The quantitative estimate of drug-likeness (QED) is 0.655. The first kappa shape index (κ1) is 17.9. The number of carbonyl (C=O) groups is 1. The summed E-state index contributed by atoms with van der Waals surface area (Å²) in [6.45, 7) is 2.38. The van der Waals surface area contributed by atoms with E-state index in [4.69, 9.17) is 39.5 Å². The molecule has 0 saturated heterocycles. The van der Waals surface area contributed by atoms with E-state index in [0.29, 0.717) is 40.2 Å². The van der Waals surface area contributed by atoms with Gasteiger partial charge in [0.05, 0.1) is 16.7 Å². The highest BCUT2D eigenvalue weighted by atomic mass is 35.5. The molecule has 23 heavy (non-hydrogen) atoms. The average molecular weight is 373 g/mol. The smallest absolute Gasteiger partial charge is 0.224 e. The highest BCUT2D eigenvalue weighted by molar-refractivity contribution is 6.42. The van der Waals surface area contributed by atoms with Crippen molar-refractivity contribution in [3.8, 4) is 5.75 Å². The third-order valence-electron chi connectivity index (χ3n) is 3.15. The molecule has 2 aromatic carbocycles. The molecule has 0 aliphatic carbocycles. The molecular formula is C17H16Cl3NO2. The van der Waals surface area contributed by atoms with E-state index in [0.717, 1.165) is 11.3 Å². The normalized spacial score (nSPS) is 10.4. The fraction of sp³-hybridized carbons (Fsp3) is 0.235. The van der Waals surface area contributed by atoms with Crippen LogP contribution in [0.15, 0.2) is 36.4 Å². The fourth-order valence-electron chi connectivity index (χ4n) is 1.99. The highest BCUT2D eigenvalue weighted by Gasteiger charge is 2.06. The van der Waals surface area contributed by atoms with Crippen molar-refractivity contribution in [2.24, 2.45) is 0 Å². The Hall–Kier alpha value is -1.42. The number of anilines is 1. The molecule has 0 aromatic heterocycles. The zero-order chi connectivity index (χ0) is 16.8. The lowest BCUT2D eigenvalue weighted by Crippen LogP contribution is -2.12. The fourth-order valence-corrected chi connectivity index (χ4v) is 2.51. The average Bonchev–Trinajstić information content (AvgIpc) is 2.49. The lowest BCUT2D eigenvalue weighted by atomic mass is 10.2. The summed E-state index contributed by atoms with van der Waals surface area (Å²) < 4.78 is 5.65. The van der Waals surface area contributed by atoms with Crippen LogP contribution in [-0.4, -0.2) is 12.5 Å². The molecule has 0 heterocycles. The summed E-state index contributed by atoms with van der Waals surface area (Å²) in [6, 6.07) is 10.4. The Morgan fingerprint density at radius 2 is 1.87 bits per heavy atom. The molecule has 0 spiro atoms. The molecule has 0 radical (unpaired) electrons. The van der Waals surface area contributed by atoms with E-state index in [1.54, 1.807) is 24.3 Å². The molecular weight excluding hydrogens is 357 g/mol. The van der Waals surface area contributed by atoms with Gasteiger partial charge in [0.1, 0.15) is 5.75 Å². The topological polar surface area (TPSA) is 38.3 Å². The van der Waals surface area contributed by atoms with Crippen LogP contribution in [0.3, 0.4) is 0 Å². The van der Waals surface area contributed by atoms with Crippen LogP contribution in [0.2, 0.25) is 15.1 Å². The Bertz CT molecular complexity index is 704. The van der Waals surface area contributed by atoms with Crippen molar-refractivity contribution in [1.82, 2.24) is 0 Å². The van der Waals surface area contributed by atoms with Gasteiger partial charge >= 0.3 is 0 Å². The standard InChI is InChI=1S/C17H16Cl3NO2/c1-11-9-12(18)4-7-16(11)23-8-2-3-17(22)21-13-5-6-14(19)15(20)10-13/h4-7,9-10H,2-3,8H2,1H3,(H,21,22). The molecule has 2 rings (SSSR count). The van der Waals surface area contributed by atoms with Crippen LogP contribution in [-0.2, 0) is 4.79 Å². The van der Waals surface area contributed by atoms with Gasteiger partial charge in [-0.25, -0.2) is 0 Å². The summed E-state index contributed by atoms with van der Waals surface area (Å²) in [5, 5.41) is 4.31. The number of hydrogen-bond acceptors (Lipinski definition) is 2. The number of rotatable bonds is 6. The molecule has 3 nitrogen and oxygen atoms in total. The minimum absolute atomic E-state index is 0.0974. The van der Waals surface area contributed by atoms with Gasteiger partial charge in [0.25, 0.3) is 0 Å². The van der Waals surface area contributed by atoms with Gasteiger partial charge in [-0.3, -0.25) is 4.79 Å². The largest absolute Gasteiger partial charge is 0.493 e. The van der Waals surface area contributed by atoms with Crippen molar-refractivity contribution >= 4 is 46.4 Å². The monoisotopic (exact) mass is 371 g/mol. The summed E-state index contributed by atoms with van der Waals surface area (Å²) in [6.07, 6.45) is 0.960. The molecule has 0 aliphatic rings. The maximum atomic E-state index is 11.9. The second-order valence-electron chi connectivity index (χ2n) is 5.04. The minimum atomic E-state index is -0.0974. The molecule has 2 aromatic rings. The lowest BCUT2D eigenvalue weighted by Gasteiger charge is -2.10. The summed E-state index contributed by atoms with van der Waals surface area (Å²) >= 11 is 17.6. The Labute approximate surface area is 150 Å². The predicted molar refractivity (Wildman–Crippen MR) is 96.0 cm³/mol. The van der Waals surface area contributed by atoms with E-state index in [9.17, 15) is 4.79 Å². The lowest BCUT2D eigenvalue weighted by molar-refractivity contribution is -0.116. The first-order valence-corrected chi connectivity index (χ1v) is 8.23. The van der Waals surface area contributed by atoms with Crippen LogP contribution in [0.5, 0.6) is 5.75 Å². The zero-order valence-electron chi connectivity index (χ0n) is 12.5. The van der Waals surface area contributed by atoms with Crippen molar-refractivity contribution in [3.63, 3.8) is 0 Å². The van der Waals surface area contributed by atoms with E-state index in [-0.39, 0.29) is 5.91 Å². The Morgan fingerprint density at radius 3 is 2.57 bits per heavy atom. The number of nitrogens with one attached hydrogen (secondary N) is 1. The number of carbonyl (C=O) groups excluding carboxylic acids is 1. The summed E-state index contributed by atoms with van der Waals surface area (Å²) in [4.78, 5) is 11.9. The summed E-state index contributed by atoms with van der Waals surface area (Å²) in [5.74, 6) is 0.680. The van der Waals surface area contributed by atoms with Gasteiger partial charge in [0, 0.05) is 17.1 Å². The van der Waals surface area contributed by atoms with Crippen molar-refractivity contribution < 1.29 is 9.53 Å². The van der Waals surface area contributed by atoms with E-state index in [1.807, 2.05) is 19.1 Å².